The first-order valence-corrected chi connectivity index (χ1v) is 7.43. The minimum Gasteiger partial charge on any atom is -0.383 e. The quantitative estimate of drug-likeness (QED) is 0.934. The minimum absolute atomic E-state index is 0.0939. The zero-order chi connectivity index (χ0) is 15.6. The summed E-state index contributed by atoms with van der Waals surface area (Å²) in [6, 6.07) is 7.95. The third kappa shape index (κ3) is 3.10. The van der Waals surface area contributed by atoms with Crippen LogP contribution in [0.3, 0.4) is 0 Å². The Morgan fingerprint density at radius 2 is 1.95 bits per heavy atom. The smallest absolute Gasteiger partial charge is 0.137 e. The molecule has 0 amide bonds. The lowest BCUT2D eigenvalue weighted by molar-refractivity contribution is 0.719. The average Bonchev–Trinajstić information content (AvgIpc) is 2.49. The third-order valence-electron chi connectivity index (χ3n) is 3.79. The summed E-state index contributed by atoms with van der Waals surface area (Å²) < 4.78 is 0. The molecule has 0 spiro atoms. The highest BCUT2D eigenvalue weighted by atomic mass is 35.5. The lowest BCUT2D eigenvalue weighted by atomic mass is 10.1. The van der Waals surface area contributed by atoms with E-state index >= 15 is 0 Å². The summed E-state index contributed by atoms with van der Waals surface area (Å²) in [5.74, 6) is 2.15. The molecule has 2 aromatic rings. The highest BCUT2D eigenvalue weighted by Crippen LogP contribution is 2.31. The van der Waals surface area contributed by atoms with E-state index in [1.54, 1.807) is 0 Å². The van der Waals surface area contributed by atoms with E-state index in [0.717, 1.165) is 34.2 Å². The number of aromatic nitrogens is 2. The molecule has 0 saturated heterocycles. The van der Waals surface area contributed by atoms with Gasteiger partial charge in [-0.15, -0.1) is 0 Å². The molecule has 0 aliphatic heterocycles. The van der Waals surface area contributed by atoms with Gasteiger partial charge in [0.05, 0.1) is 6.04 Å². The number of benzene rings is 1. The van der Waals surface area contributed by atoms with Crippen molar-refractivity contribution in [3.63, 3.8) is 0 Å². The van der Waals surface area contributed by atoms with Crippen LogP contribution in [-0.4, -0.2) is 17.0 Å². The maximum absolute atomic E-state index is 6.30. The van der Waals surface area contributed by atoms with Crippen LogP contribution in [0.2, 0.25) is 5.02 Å². The molecule has 1 heterocycles. The summed E-state index contributed by atoms with van der Waals surface area (Å²) in [6.07, 6.45) is 0.756. The second kappa shape index (κ2) is 6.31. The Morgan fingerprint density at radius 1 is 1.29 bits per heavy atom. The van der Waals surface area contributed by atoms with Crippen molar-refractivity contribution in [2.24, 2.45) is 0 Å². The van der Waals surface area contributed by atoms with Crippen molar-refractivity contribution < 1.29 is 0 Å². The molecule has 0 bridgehead atoms. The van der Waals surface area contributed by atoms with Crippen LogP contribution in [0.4, 0.5) is 11.6 Å². The second-order valence-corrected chi connectivity index (χ2v) is 5.54. The predicted molar refractivity (Wildman–Crippen MR) is 88.8 cm³/mol. The molecular formula is C16H21ClN4. The van der Waals surface area contributed by atoms with Crippen molar-refractivity contribution in [3.8, 4) is 0 Å². The van der Waals surface area contributed by atoms with Gasteiger partial charge in [-0.2, -0.15) is 0 Å². The van der Waals surface area contributed by atoms with Gasteiger partial charge in [0.2, 0.25) is 0 Å². The van der Waals surface area contributed by atoms with Crippen molar-refractivity contribution >= 4 is 23.2 Å². The Morgan fingerprint density at radius 3 is 2.57 bits per heavy atom. The van der Waals surface area contributed by atoms with E-state index < -0.39 is 0 Å². The molecule has 1 aromatic carbocycles. The molecule has 0 aliphatic carbocycles. The number of nitrogen functional groups attached to an aromatic ring is 1. The van der Waals surface area contributed by atoms with Gasteiger partial charge in [-0.1, -0.05) is 36.7 Å². The molecule has 1 atom stereocenters. The van der Waals surface area contributed by atoms with Gasteiger partial charge in [0.15, 0.2) is 0 Å². The largest absolute Gasteiger partial charge is 0.383 e. The van der Waals surface area contributed by atoms with Gasteiger partial charge in [0.25, 0.3) is 0 Å². The predicted octanol–water partition coefficient (Wildman–Crippen LogP) is 3.78. The van der Waals surface area contributed by atoms with Crippen LogP contribution in [0, 0.1) is 6.92 Å². The molecule has 0 saturated carbocycles. The Kier molecular flexibility index (Phi) is 4.68. The highest BCUT2D eigenvalue weighted by Gasteiger charge is 2.19. The molecule has 0 radical (unpaired) electrons. The van der Waals surface area contributed by atoms with Crippen LogP contribution >= 0.6 is 11.6 Å². The fourth-order valence-corrected chi connectivity index (χ4v) is 2.57. The minimum atomic E-state index is 0.0939. The number of rotatable bonds is 4. The molecule has 2 N–H and O–H groups in total. The van der Waals surface area contributed by atoms with Crippen LogP contribution < -0.4 is 10.6 Å². The first-order valence-electron chi connectivity index (χ1n) is 7.06. The summed E-state index contributed by atoms with van der Waals surface area (Å²) in [6.45, 7) is 6.07. The molecule has 4 nitrogen and oxygen atoms in total. The van der Waals surface area contributed by atoms with E-state index in [1.165, 1.54) is 0 Å². The van der Waals surface area contributed by atoms with Gasteiger partial charge in [-0.05, 0) is 25.5 Å². The number of hydrogen-bond donors (Lipinski definition) is 1. The molecule has 5 heteroatoms. The number of nitrogens with zero attached hydrogens (tertiary/aromatic N) is 3. The molecular weight excluding hydrogens is 284 g/mol. The Balaban J connectivity index is 2.42. The first-order chi connectivity index (χ1) is 9.95. The molecule has 112 valence electrons. The number of aryl methyl sites for hydroxylation is 1. The highest BCUT2D eigenvalue weighted by molar-refractivity contribution is 6.31. The molecule has 2 rings (SSSR count). The van der Waals surface area contributed by atoms with Gasteiger partial charge in [-0.3, -0.25) is 0 Å². The van der Waals surface area contributed by atoms with Crippen molar-refractivity contribution in [2.45, 2.75) is 33.2 Å². The summed E-state index contributed by atoms with van der Waals surface area (Å²) in [5.41, 5.74) is 7.96. The Hall–Kier alpha value is -1.81. The standard InChI is InChI=1S/C16H21ClN4/c1-5-14-19-15(18)10(2)16(20-14)21(4)11(3)12-8-6-7-9-13(12)17/h6-9,11H,5H2,1-4H3,(H2,18,19,20). The fourth-order valence-electron chi connectivity index (χ4n) is 2.28. The lowest BCUT2D eigenvalue weighted by Gasteiger charge is -2.28. The van der Waals surface area contributed by atoms with Gasteiger partial charge >= 0.3 is 0 Å². The maximum atomic E-state index is 6.30. The van der Waals surface area contributed by atoms with Crippen molar-refractivity contribution in [1.29, 1.82) is 0 Å². The summed E-state index contributed by atoms with van der Waals surface area (Å²) in [4.78, 5) is 11.0. The average molecular weight is 305 g/mol. The number of nitrogens with two attached hydrogens (primary N) is 1. The fraction of sp³-hybridized carbons (Fsp3) is 0.375. The van der Waals surface area contributed by atoms with Gasteiger partial charge < -0.3 is 10.6 Å². The van der Waals surface area contributed by atoms with Crippen LogP contribution in [0.1, 0.15) is 36.8 Å². The Bertz CT molecular complexity index is 642. The SMILES string of the molecule is CCc1nc(N)c(C)c(N(C)C(C)c2ccccc2Cl)n1. The van der Waals surface area contributed by atoms with E-state index in [4.69, 9.17) is 17.3 Å². The van der Waals surface area contributed by atoms with Crippen LogP contribution in [0.25, 0.3) is 0 Å². The molecule has 1 unspecified atom stereocenters. The van der Waals surface area contributed by atoms with E-state index in [9.17, 15) is 0 Å². The monoisotopic (exact) mass is 304 g/mol. The summed E-state index contributed by atoms with van der Waals surface area (Å²) in [5, 5.41) is 0.757. The molecule has 0 fully saturated rings. The van der Waals surface area contributed by atoms with Crippen molar-refractivity contribution in [2.75, 3.05) is 17.7 Å². The van der Waals surface area contributed by atoms with E-state index in [2.05, 4.69) is 21.8 Å². The normalized spacial score (nSPS) is 12.2. The topological polar surface area (TPSA) is 55.0 Å². The third-order valence-corrected chi connectivity index (χ3v) is 4.13. The lowest BCUT2D eigenvalue weighted by Crippen LogP contribution is -2.25. The molecule has 0 aliphatic rings. The van der Waals surface area contributed by atoms with E-state index in [1.807, 2.05) is 45.2 Å². The van der Waals surface area contributed by atoms with Gasteiger partial charge in [-0.25, -0.2) is 9.97 Å². The van der Waals surface area contributed by atoms with Crippen molar-refractivity contribution in [3.05, 3.63) is 46.2 Å². The summed E-state index contributed by atoms with van der Waals surface area (Å²) >= 11 is 6.30. The number of halogens is 1. The zero-order valence-corrected chi connectivity index (χ0v) is 13.6. The Labute approximate surface area is 131 Å². The molecule has 21 heavy (non-hydrogen) atoms. The van der Waals surface area contributed by atoms with E-state index in [-0.39, 0.29) is 6.04 Å². The van der Waals surface area contributed by atoms with Gasteiger partial charge in [0, 0.05) is 24.1 Å². The van der Waals surface area contributed by atoms with Gasteiger partial charge in [0.1, 0.15) is 17.5 Å². The van der Waals surface area contributed by atoms with Crippen LogP contribution in [0.5, 0.6) is 0 Å². The zero-order valence-electron chi connectivity index (χ0n) is 12.9. The van der Waals surface area contributed by atoms with Crippen LogP contribution in [0.15, 0.2) is 24.3 Å². The van der Waals surface area contributed by atoms with Crippen LogP contribution in [-0.2, 0) is 6.42 Å². The first kappa shape index (κ1) is 15.6. The molecule has 1 aromatic heterocycles. The second-order valence-electron chi connectivity index (χ2n) is 5.14. The van der Waals surface area contributed by atoms with E-state index in [0.29, 0.717) is 5.82 Å². The number of hydrogen-bond acceptors (Lipinski definition) is 4. The number of anilines is 2. The van der Waals surface area contributed by atoms with Crippen molar-refractivity contribution in [1.82, 2.24) is 9.97 Å². The maximum Gasteiger partial charge on any atom is 0.137 e. The summed E-state index contributed by atoms with van der Waals surface area (Å²) in [7, 11) is 2.00.